The van der Waals surface area contributed by atoms with E-state index < -0.39 is 5.92 Å². The summed E-state index contributed by atoms with van der Waals surface area (Å²) in [6.45, 7) is 0.792. The van der Waals surface area contributed by atoms with E-state index >= 15 is 0 Å². The molecule has 0 radical (unpaired) electrons. The van der Waals surface area contributed by atoms with Crippen molar-refractivity contribution in [1.29, 1.82) is 0 Å². The molecule has 1 aliphatic heterocycles. The lowest BCUT2D eigenvalue weighted by molar-refractivity contribution is -0.113. The lowest BCUT2D eigenvalue weighted by Gasteiger charge is -2.32. The predicted octanol–water partition coefficient (Wildman–Crippen LogP) is 2.69. The summed E-state index contributed by atoms with van der Waals surface area (Å²) in [7, 11) is 0. The SMILES string of the molecule is O=CC1CCCN(CC(F)(F)c2ccccc2)C1. The van der Waals surface area contributed by atoms with Gasteiger partial charge in [0.05, 0.1) is 6.54 Å². The van der Waals surface area contributed by atoms with Gasteiger partial charge in [0, 0.05) is 18.0 Å². The molecule has 1 aromatic rings. The van der Waals surface area contributed by atoms with Gasteiger partial charge in [0.2, 0.25) is 0 Å². The smallest absolute Gasteiger partial charge is 0.285 e. The van der Waals surface area contributed by atoms with E-state index in [4.69, 9.17) is 0 Å². The zero-order valence-corrected chi connectivity index (χ0v) is 10.2. The van der Waals surface area contributed by atoms with Gasteiger partial charge in [-0.2, -0.15) is 8.78 Å². The van der Waals surface area contributed by atoms with E-state index in [0.717, 1.165) is 19.1 Å². The Morgan fingerprint density at radius 3 is 2.72 bits per heavy atom. The van der Waals surface area contributed by atoms with Gasteiger partial charge in [-0.15, -0.1) is 0 Å². The summed E-state index contributed by atoms with van der Waals surface area (Å²) >= 11 is 0. The Morgan fingerprint density at radius 2 is 2.06 bits per heavy atom. The first-order valence-corrected chi connectivity index (χ1v) is 6.23. The first kappa shape index (κ1) is 13.1. The Bertz CT molecular complexity index is 394. The summed E-state index contributed by atoms with van der Waals surface area (Å²) in [5.41, 5.74) is 0.0400. The van der Waals surface area contributed by atoms with Gasteiger partial charge in [0.1, 0.15) is 6.29 Å². The molecule has 98 valence electrons. The fraction of sp³-hybridized carbons (Fsp3) is 0.500. The van der Waals surface area contributed by atoms with Crippen LogP contribution in [-0.4, -0.2) is 30.8 Å². The van der Waals surface area contributed by atoms with Crippen molar-refractivity contribution in [3.63, 3.8) is 0 Å². The van der Waals surface area contributed by atoms with Crippen molar-refractivity contribution < 1.29 is 13.6 Å². The van der Waals surface area contributed by atoms with Crippen LogP contribution in [-0.2, 0) is 10.7 Å². The minimum atomic E-state index is -2.86. The van der Waals surface area contributed by atoms with Gasteiger partial charge in [0.15, 0.2) is 0 Å². The molecule has 1 saturated heterocycles. The number of benzene rings is 1. The Kier molecular flexibility index (Phi) is 4.07. The van der Waals surface area contributed by atoms with Crippen molar-refractivity contribution >= 4 is 6.29 Å². The molecule has 0 aromatic heterocycles. The Labute approximate surface area is 106 Å². The highest BCUT2D eigenvalue weighted by Crippen LogP contribution is 2.30. The van der Waals surface area contributed by atoms with Crippen LogP contribution in [0.1, 0.15) is 18.4 Å². The zero-order chi connectivity index (χ0) is 13.0. The molecule has 0 N–H and O–H groups in total. The fourth-order valence-electron chi connectivity index (χ4n) is 2.40. The summed E-state index contributed by atoms with van der Waals surface area (Å²) in [6.07, 6.45) is 2.51. The van der Waals surface area contributed by atoms with E-state index in [0.29, 0.717) is 13.1 Å². The standard InChI is InChI=1S/C14H17F2NO/c15-14(16,13-6-2-1-3-7-13)11-17-8-4-5-12(9-17)10-18/h1-3,6-7,10,12H,4-5,8-9,11H2. The third-order valence-electron chi connectivity index (χ3n) is 3.35. The number of piperidine rings is 1. The van der Waals surface area contributed by atoms with Crippen molar-refractivity contribution in [3.8, 4) is 0 Å². The number of hydrogen-bond donors (Lipinski definition) is 0. The van der Waals surface area contributed by atoms with Crippen molar-refractivity contribution in [3.05, 3.63) is 35.9 Å². The highest BCUT2D eigenvalue weighted by atomic mass is 19.3. The third-order valence-corrected chi connectivity index (χ3v) is 3.35. The number of nitrogens with zero attached hydrogens (tertiary/aromatic N) is 1. The Balaban J connectivity index is 2.01. The number of carbonyl (C=O) groups excluding carboxylic acids is 1. The van der Waals surface area contributed by atoms with E-state index in [1.165, 1.54) is 12.1 Å². The van der Waals surface area contributed by atoms with E-state index in [9.17, 15) is 13.6 Å². The van der Waals surface area contributed by atoms with E-state index in [1.807, 2.05) is 0 Å². The molecular formula is C14H17F2NO. The summed E-state index contributed by atoms with van der Waals surface area (Å²) in [4.78, 5) is 12.4. The third kappa shape index (κ3) is 3.13. The molecular weight excluding hydrogens is 236 g/mol. The molecule has 0 aliphatic carbocycles. The van der Waals surface area contributed by atoms with Gasteiger partial charge in [-0.05, 0) is 19.4 Å². The highest BCUT2D eigenvalue weighted by molar-refractivity contribution is 5.53. The van der Waals surface area contributed by atoms with Gasteiger partial charge in [0.25, 0.3) is 5.92 Å². The molecule has 0 bridgehead atoms. The van der Waals surface area contributed by atoms with Gasteiger partial charge >= 0.3 is 0 Å². The molecule has 0 amide bonds. The van der Waals surface area contributed by atoms with Crippen molar-refractivity contribution in [2.75, 3.05) is 19.6 Å². The summed E-state index contributed by atoms with van der Waals surface area (Å²) in [5.74, 6) is -2.95. The molecule has 1 unspecified atom stereocenters. The van der Waals surface area contributed by atoms with E-state index in [1.54, 1.807) is 23.1 Å². The van der Waals surface area contributed by atoms with Crippen molar-refractivity contribution in [1.82, 2.24) is 4.90 Å². The van der Waals surface area contributed by atoms with Gasteiger partial charge < -0.3 is 4.79 Å². The van der Waals surface area contributed by atoms with Crippen molar-refractivity contribution in [2.45, 2.75) is 18.8 Å². The van der Waals surface area contributed by atoms with Crippen LogP contribution < -0.4 is 0 Å². The fourth-order valence-corrected chi connectivity index (χ4v) is 2.40. The molecule has 1 atom stereocenters. The molecule has 1 fully saturated rings. The molecule has 1 heterocycles. The number of halogens is 2. The van der Waals surface area contributed by atoms with Gasteiger partial charge in [-0.1, -0.05) is 30.3 Å². The maximum Gasteiger partial charge on any atom is 0.285 e. The monoisotopic (exact) mass is 253 g/mol. The van der Waals surface area contributed by atoms with Crippen LogP contribution in [0.4, 0.5) is 8.78 Å². The predicted molar refractivity (Wildman–Crippen MR) is 65.6 cm³/mol. The minimum Gasteiger partial charge on any atom is -0.303 e. The highest BCUT2D eigenvalue weighted by Gasteiger charge is 2.35. The van der Waals surface area contributed by atoms with E-state index in [2.05, 4.69) is 0 Å². The van der Waals surface area contributed by atoms with Crippen LogP contribution in [0, 0.1) is 5.92 Å². The topological polar surface area (TPSA) is 20.3 Å². The minimum absolute atomic E-state index is 0.0400. The number of likely N-dealkylation sites (tertiary alicyclic amines) is 1. The van der Waals surface area contributed by atoms with Gasteiger partial charge in [-0.25, -0.2) is 0 Å². The van der Waals surface area contributed by atoms with Crippen LogP contribution in [0.3, 0.4) is 0 Å². The normalized spacial score (nSPS) is 21.8. The van der Waals surface area contributed by atoms with Crippen LogP contribution in [0.25, 0.3) is 0 Å². The molecule has 2 rings (SSSR count). The Hall–Kier alpha value is -1.29. The van der Waals surface area contributed by atoms with Crippen LogP contribution in [0.15, 0.2) is 30.3 Å². The molecule has 4 heteroatoms. The Morgan fingerprint density at radius 1 is 1.33 bits per heavy atom. The number of alkyl halides is 2. The van der Waals surface area contributed by atoms with Crippen molar-refractivity contribution in [2.24, 2.45) is 5.92 Å². The number of aldehydes is 1. The second-order valence-corrected chi connectivity index (χ2v) is 4.84. The van der Waals surface area contributed by atoms with Gasteiger partial charge in [-0.3, -0.25) is 4.90 Å². The lowest BCUT2D eigenvalue weighted by Crippen LogP contribution is -2.42. The number of rotatable bonds is 4. The maximum absolute atomic E-state index is 14.0. The maximum atomic E-state index is 14.0. The molecule has 18 heavy (non-hydrogen) atoms. The number of hydrogen-bond acceptors (Lipinski definition) is 2. The van der Waals surface area contributed by atoms with E-state index in [-0.39, 0.29) is 18.0 Å². The van der Waals surface area contributed by atoms with Crippen LogP contribution >= 0.6 is 0 Å². The first-order valence-electron chi connectivity index (χ1n) is 6.23. The first-order chi connectivity index (χ1) is 8.62. The molecule has 0 saturated carbocycles. The average Bonchev–Trinajstić information content (AvgIpc) is 2.39. The average molecular weight is 253 g/mol. The lowest BCUT2D eigenvalue weighted by atomic mass is 9.98. The largest absolute Gasteiger partial charge is 0.303 e. The summed E-state index contributed by atoms with van der Waals surface area (Å²) in [5, 5.41) is 0. The molecule has 0 spiro atoms. The second kappa shape index (κ2) is 5.57. The number of carbonyl (C=O) groups is 1. The van der Waals surface area contributed by atoms with Crippen LogP contribution in [0.5, 0.6) is 0 Å². The summed E-state index contributed by atoms with van der Waals surface area (Å²) in [6, 6.07) is 7.85. The summed E-state index contributed by atoms with van der Waals surface area (Å²) < 4.78 is 28.1. The van der Waals surface area contributed by atoms with Crippen LogP contribution in [0.2, 0.25) is 0 Å². The molecule has 2 nitrogen and oxygen atoms in total. The molecule has 1 aliphatic rings. The zero-order valence-electron chi connectivity index (χ0n) is 10.2. The second-order valence-electron chi connectivity index (χ2n) is 4.84. The molecule has 1 aromatic carbocycles. The quantitative estimate of drug-likeness (QED) is 0.769.